The summed E-state index contributed by atoms with van der Waals surface area (Å²) in [5.41, 5.74) is 0.349. The maximum Gasteiger partial charge on any atom is 0.248 e. The summed E-state index contributed by atoms with van der Waals surface area (Å²) in [5, 5.41) is 7.96. The lowest BCUT2D eigenvalue weighted by Gasteiger charge is -2.45. The van der Waals surface area contributed by atoms with Crippen LogP contribution in [0.25, 0.3) is 0 Å². The molecule has 0 aromatic heterocycles. The van der Waals surface area contributed by atoms with E-state index in [1.807, 2.05) is 13.0 Å². The van der Waals surface area contributed by atoms with E-state index < -0.39 is 17.5 Å². The predicted octanol–water partition coefficient (Wildman–Crippen LogP) is 0.953. The minimum absolute atomic E-state index is 0.0113. The Morgan fingerprint density at radius 1 is 1.38 bits per heavy atom. The number of thiocarbonyl (C=S) groups is 1. The van der Waals surface area contributed by atoms with E-state index in [0.29, 0.717) is 11.4 Å². The van der Waals surface area contributed by atoms with E-state index in [1.165, 1.54) is 17.1 Å². The molecule has 3 amide bonds. The zero-order valence-electron chi connectivity index (χ0n) is 15.0. The molecule has 2 N–H and O–H groups in total. The molecule has 9 heteroatoms. The molecular formula is C17H20N4O4S. The minimum Gasteiger partial charge on any atom is -0.495 e. The van der Waals surface area contributed by atoms with Crippen LogP contribution in [0.4, 0.5) is 5.69 Å². The number of carbonyl (C=O) groups excluding carboxylic acids is 3. The van der Waals surface area contributed by atoms with E-state index in [-0.39, 0.29) is 23.3 Å². The number of aryl methyl sites for hydroxylation is 1. The molecule has 0 spiro atoms. The van der Waals surface area contributed by atoms with Crippen LogP contribution < -0.4 is 15.4 Å². The van der Waals surface area contributed by atoms with Gasteiger partial charge in [-0.05, 0) is 50.7 Å². The van der Waals surface area contributed by atoms with Crippen LogP contribution in [0.1, 0.15) is 25.8 Å². The Labute approximate surface area is 156 Å². The average Bonchev–Trinajstić information content (AvgIpc) is 2.92. The molecule has 3 rings (SSSR count). The largest absolute Gasteiger partial charge is 0.495 e. The van der Waals surface area contributed by atoms with Crippen molar-refractivity contribution >= 4 is 40.7 Å². The van der Waals surface area contributed by atoms with Gasteiger partial charge < -0.3 is 10.1 Å². The van der Waals surface area contributed by atoms with Gasteiger partial charge >= 0.3 is 0 Å². The zero-order chi connectivity index (χ0) is 19.2. The molecular weight excluding hydrogens is 356 g/mol. The summed E-state index contributed by atoms with van der Waals surface area (Å²) in [5.74, 6) is -0.592. The topological polar surface area (TPSA) is 91.0 Å². The number of anilines is 1. The lowest BCUT2D eigenvalue weighted by Crippen LogP contribution is -2.71. The molecule has 1 aromatic rings. The second-order valence-corrected chi connectivity index (χ2v) is 7.17. The van der Waals surface area contributed by atoms with Crippen LogP contribution in [-0.4, -0.2) is 51.5 Å². The molecule has 1 aromatic carbocycles. The molecule has 138 valence electrons. The number of ether oxygens (including phenoxy) is 1. The first-order valence-electron chi connectivity index (χ1n) is 8.10. The van der Waals surface area contributed by atoms with E-state index >= 15 is 0 Å². The molecule has 2 aliphatic heterocycles. The monoisotopic (exact) mass is 376 g/mol. The van der Waals surface area contributed by atoms with Crippen molar-refractivity contribution in [2.75, 3.05) is 12.4 Å². The molecule has 26 heavy (non-hydrogen) atoms. The van der Waals surface area contributed by atoms with Crippen molar-refractivity contribution in [2.24, 2.45) is 0 Å². The quantitative estimate of drug-likeness (QED) is 0.764. The summed E-state index contributed by atoms with van der Waals surface area (Å²) in [6, 6.07) is 4.55. The van der Waals surface area contributed by atoms with Crippen LogP contribution in [0.15, 0.2) is 18.2 Å². The number of methoxy groups -OCH3 is 1. The van der Waals surface area contributed by atoms with E-state index in [0.717, 1.165) is 5.56 Å². The van der Waals surface area contributed by atoms with Gasteiger partial charge in [0.25, 0.3) is 0 Å². The van der Waals surface area contributed by atoms with E-state index in [9.17, 15) is 14.4 Å². The Kier molecular flexibility index (Phi) is 4.45. The van der Waals surface area contributed by atoms with Gasteiger partial charge in [-0.25, -0.2) is 5.01 Å². The number of hydrazine groups is 1. The van der Waals surface area contributed by atoms with Crippen molar-refractivity contribution in [3.8, 4) is 5.75 Å². The van der Waals surface area contributed by atoms with Crippen LogP contribution in [0.2, 0.25) is 0 Å². The molecule has 0 radical (unpaired) electrons. The van der Waals surface area contributed by atoms with E-state index in [1.54, 1.807) is 26.0 Å². The molecule has 0 bridgehead atoms. The normalized spacial score (nSPS) is 22.1. The van der Waals surface area contributed by atoms with Gasteiger partial charge in [-0.3, -0.25) is 19.7 Å². The fraction of sp³-hybridized carbons (Fsp3) is 0.412. The van der Waals surface area contributed by atoms with Gasteiger partial charge in [0.15, 0.2) is 5.11 Å². The van der Waals surface area contributed by atoms with Crippen LogP contribution in [0.5, 0.6) is 5.75 Å². The summed E-state index contributed by atoms with van der Waals surface area (Å²) in [4.78, 5) is 37.6. The number of amides is 3. The third-order valence-corrected chi connectivity index (χ3v) is 4.85. The van der Waals surface area contributed by atoms with E-state index in [4.69, 9.17) is 17.0 Å². The fourth-order valence-corrected chi connectivity index (χ4v) is 3.48. The Bertz CT molecular complexity index is 823. The number of fused-ring (bicyclic) bond motifs is 1. The first-order valence-corrected chi connectivity index (χ1v) is 8.50. The maximum atomic E-state index is 12.9. The summed E-state index contributed by atoms with van der Waals surface area (Å²) >= 11 is 5.11. The van der Waals surface area contributed by atoms with Gasteiger partial charge in [0, 0.05) is 0 Å². The molecule has 2 heterocycles. The van der Waals surface area contributed by atoms with Crippen molar-refractivity contribution in [1.82, 2.24) is 15.3 Å². The third-order valence-electron chi connectivity index (χ3n) is 4.57. The highest BCUT2D eigenvalue weighted by Crippen LogP contribution is 2.34. The van der Waals surface area contributed by atoms with Crippen LogP contribution >= 0.6 is 12.2 Å². The van der Waals surface area contributed by atoms with Gasteiger partial charge in [-0.2, -0.15) is 5.01 Å². The maximum absolute atomic E-state index is 12.9. The Balaban J connectivity index is 1.92. The molecule has 8 nitrogen and oxygen atoms in total. The summed E-state index contributed by atoms with van der Waals surface area (Å²) in [6.07, 6.45) is -0.0709. The van der Waals surface area contributed by atoms with Gasteiger partial charge in [-0.1, -0.05) is 6.07 Å². The zero-order valence-corrected chi connectivity index (χ0v) is 15.8. The Morgan fingerprint density at radius 2 is 2.08 bits per heavy atom. The van der Waals surface area contributed by atoms with Crippen molar-refractivity contribution in [3.05, 3.63) is 23.8 Å². The van der Waals surface area contributed by atoms with E-state index in [2.05, 4.69) is 10.6 Å². The number of nitrogens with one attached hydrogen (secondary N) is 2. The SMILES string of the molecule is COc1ccc(C)cc1NC(=O)[C@H]1CC(=O)N2C(=S)NC(=O)C(C)(C)N12. The lowest BCUT2D eigenvalue weighted by atomic mass is 10.00. The van der Waals surface area contributed by atoms with Gasteiger partial charge in [0.1, 0.15) is 17.3 Å². The van der Waals surface area contributed by atoms with Crippen molar-refractivity contribution in [3.63, 3.8) is 0 Å². The highest BCUT2D eigenvalue weighted by molar-refractivity contribution is 7.80. The lowest BCUT2D eigenvalue weighted by molar-refractivity contribution is -0.154. The number of hydrogen-bond donors (Lipinski definition) is 2. The van der Waals surface area contributed by atoms with Crippen LogP contribution in [-0.2, 0) is 14.4 Å². The second-order valence-electron chi connectivity index (χ2n) is 6.78. The predicted molar refractivity (Wildman–Crippen MR) is 98.3 cm³/mol. The smallest absolute Gasteiger partial charge is 0.248 e. The standard InChI is InChI=1S/C17H20N4O4S/c1-9-5-6-12(25-4)10(7-9)18-14(23)11-8-13(22)20-16(26)19-15(24)17(2,3)21(11)20/h5-7,11H,8H2,1-4H3,(H,18,23)(H,19,24,26)/t11-/m1/s1. The summed E-state index contributed by atoms with van der Waals surface area (Å²) in [6.45, 7) is 5.18. The van der Waals surface area contributed by atoms with Crippen molar-refractivity contribution in [1.29, 1.82) is 0 Å². The number of rotatable bonds is 3. The van der Waals surface area contributed by atoms with Gasteiger partial charge in [0.05, 0.1) is 19.2 Å². The number of benzene rings is 1. The second kappa shape index (κ2) is 6.33. The first-order chi connectivity index (χ1) is 12.2. The Hall–Kier alpha value is -2.52. The third kappa shape index (κ3) is 2.82. The van der Waals surface area contributed by atoms with Crippen molar-refractivity contribution in [2.45, 2.75) is 38.8 Å². The molecule has 1 atom stereocenters. The molecule has 0 unspecified atom stereocenters. The summed E-state index contributed by atoms with van der Waals surface area (Å²) < 4.78 is 5.28. The molecule has 2 aliphatic rings. The minimum atomic E-state index is -1.10. The number of carbonyl (C=O) groups is 3. The highest BCUT2D eigenvalue weighted by Gasteiger charge is 2.56. The molecule has 0 aliphatic carbocycles. The fourth-order valence-electron chi connectivity index (χ4n) is 3.19. The summed E-state index contributed by atoms with van der Waals surface area (Å²) in [7, 11) is 1.51. The van der Waals surface area contributed by atoms with Crippen LogP contribution in [0.3, 0.4) is 0 Å². The first kappa shape index (κ1) is 18.3. The molecule has 2 fully saturated rings. The molecule has 2 saturated heterocycles. The number of nitrogens with zero attached hydrogens (tertiary/aromatic N) is 2. The Morgan fingerprint density at radius 3 is 2.73 bits per heavy atom. The average molecular weight is 376 g/mol. The highest BCUT2D eigenvalue weighted by atomic mass is 32.1. The van der Waals surface area contributed by atoms with Gasteiger partial charge in [0.2, 0.25) is 17.7 Å². The van der Waals surface area contributed by atoms with Crippen LogP contribution in [0, 0.1) is 6.92 Å². The van der Waals surface area contributed by atoms with Gasteiger partial charge in [-0.15, -0.1) is 0 Å². The van der Waals surface area contributed by atoms with Crippen molar-refractivity contribution < 1.29 is 19.1 Å². The molecule has 0 saturated carbocycles. The number of hydrogen-bond acceptors (Lipinski definition) is 6.